The number of aryl methyl sites for hydroxylation is 2. The van der Waals surface area contributed by atoms with Crippen LogP contribution in [-0.2, 0) is 7.05 Å². The van der Waals surface area contributed by atoms with Crippen molar-refractivity contribution in [3.63, 3.8) is 0 Å². The highest BCUT2D eigenvalue weighted by Gasteiger charge is 2.31. The molecule has 36 heavy (non-hydrogen) atoms. The molecule has 5 rings (SSSR count). The molecule has 2 aromatic heterocycles. The first-order valence-electron chi connectivity index (χ1n) is 11.9. The van der Waals surface area contributed by atoms with Gasteiger partial charge in [-0.2, -0.15) is 0 Å². The van der Waals surface area contributed by atoms with E-state index in [1.54, 1.807) is 32.0 Å². The van der Waals surface area contributed by atoms with E-state index in [2.05, 4.69) is 5.32 Å². The molecule has 188 valence electrons. The summed E-state index contributed by atoms with van der Waals surface area (Å²) in [6.07, 6.45) is 1.36. The second-order valence-corrected chi connectivity index (χ2v) is 8.71. The van der Waals surface area contributed by atoms with Crippen molar-refractivity contribution in [1.29, 1.82) is 0 Å². The van der Waals surface area contributed by atoms with Gasteiger partial charge in [-0.05, 0) is 56.5 Å². The lowest BCUT2D eigenvalue weighted by atomic mass is 10.1. The second-order valence-electron chi connectivity index (χ2n) is 8.71. The summed E-state index contributed by atoms with van der Waals surface area (Å²) in [5.74, 6) is -0.519. The molecule has 0 spiro atoms. The smallest absolute Gasteiger partial charge is 0.336 e. The van der Waals surface area contributed by atoms with Gasteiger partial charge in [-0.25, -0.2) is 9.18 Å². The van der Waals surface area contributed by atoms with Crippen molar-refractivity contribution in [1.82, 2.24) is 13.7 Å². The highest BCUT2D eigenvalue weighted by molar-refractivity contribution is 5.93. The molecule has 0 amide bonds. The van der Waals surface area contributed by atoms with E-state index in [4.69, 9.17) is 0 Å². The quantitative estimate of drug-likeness (QED) is 0.440. The number of nitrogens with zero attached hydrogens (tertiary/aromatic N) is 3. The predicted molar refractivity (Wildman–Crippen MR) is 139 cm³/mol. The zero-order chi connectivity index (χ0) is 26.3. The van der Waals surface area contributed by atoms with E-state index >= 15 is 0 Å². The Bertz CT molecular complexity index is 1660. The molecule has 1 saturated carbocycles. The minimum atomic E-state index is -0.589. The first-order chi connectivity index (χ1) is 17.2. The molecule has 0 bridgehead atoms. The number of hydrogen-bond donors (Lipinski definition) is 2. The van der Waals surface area contributed by atoms with Gasteiger partial charge in [-0.15, -0.1) is 0 Å². The third-order valence-corrected chi connectivity index (χ3v) is 6.22. The number of rotatable bonds is 4. The van der Waals surface area contributed by atoms with Gasteiger partial charge in [-0.1, -0.05) is 26.0 Å². The van der Waals surface area contributed by atoms with E-state index in [0.29, 0.717) is 18.5 Å². The van der Waals surface area contributed by atoms with Crippen molar-refractivity contribution in [2.24, 2.45) is 7.05 Å². The van der Waals surface area contributed by atoms with Crippen LogP contribution in [0.1, 0.15) is 43.9 Å². The molecule has 8 nitrogen and oxygen atoms in total. The third kappa shape index (κ3) is 4.10. The second kappa shape index (κ2) is 9.49. The molecule has 2 N–H and O–H groups in total. The van der Waals surface area contributed by atoms with Gasteiger partial charge in [-0.3, -0.25) is 23.3 Å². The highest BCUT2D eigenvalue weighted by atomic mass is 19.1. The van der Waals surface area contributed by atoms with E-state index < -0.39 is 22.6 Å². The maximum Gasteiger partial charge on any atom is 0.336 e. The fourth-order valence-corrected chi connectivity index (χ4v) is 4.34. The molecular formula is C27H29FN4O4. The van der Waals surface area contributed by atoms with E-state index in [1.165, 1.54) is 45.0 Å². The summed E-state index contributed by atoms with van der Waals surface area (Å²) in [5, 5.41) is 13.1. The van der Waals surface area contributed by atoms with Crippen LogP contribution in [0.2, 0.25) is 0 Å². The Balaban J connectivity index is 0.00000148. The molecule has 0 unspecified atom stereocenters. The van der Waals surface area contributed by atoms with Crippen LogP contribution >= 0.6 is 0 Å². The lowest BCUT2D eigenvalue weighted by Gasteiger charge is -2.20. The minimum absolute atomic E-state index is 0.0664. The molecule has 9 heteroatoms. The van der Waals surface area contributed by atoms with Gasteiger partial charge in [0.1, 0.15) is 22.8 Å². The van der Waals surface area contributed by atoms with Gasteiger partial charge >= 0.3 is 5.69 Å². The predicted octanol–water partition coefficient (Wildman–Crippen LogP) is 4.42. The van der Waals surface area contributed by atoms with E-state index in [0.717, 1.165) is 5.56 Å². The van der Waals surface area contributed by atoms with Gasteiger partial charge < -0.3 is 10.4 Å². The standard InChI is InChI=1S/C25H23FN4O4.C2H6/c1-13-7-10-19(18(26)11-13)27-22-20-21(14(2)23(32)28(22)3)29(16-5-4-6-17(31)12-16)25(34)30(24(20)33)15-8-9-15;1-2/h4-7,10-12,15,27,31H,8-9H2,1-3H3;1-2H3. The fraction of sp³-hybridized carbons (Fsp3) is 0.296. The molecule has 0 saturated heterocycles. The van der Waals surface area contributed by atoms with Crippen molar-refractivity contribution < 1.29 is 9.50 Å². The number of aromatic nitrogens is 3. The maximum absolute atomic E-state index is 14.7. The van der Waals surface area contributed by atoms with Crippen LogP contribution < -0.4 is 22.1 Å². The van der Waals surface area contributed by atoms with Crippen molar-refractivity contribution >= 4 is 22.4 Å². The van der Waals surface area contributed by atoms with E-state index in [9.17, 15) is 23.9 Å². The third-order valence-electron chi connectivity index (χ3n) is 6.22. The average Bonchev–Trinajstić information content (AvgIpc) is 3.68. The van der Waals surface area contributed by atoms with Gasteiger partial charge in [0.2, 0.25) is 0 Å². The van der Waals surface area contributed by atoms with Crippen LogP contribution in [0, 0.1) is 19.7 Å². The van der Waals surface area contributed by atoms with Crippen LogP contribution in [0.15, 0.2) is 56.8 Å². The Morgan fingerprint density at radius 2 is 1.69 bits per heavy atom. The SMILES string of the molecule is CC.Cc1ccc(Nc2c3c(=O)n(C4CC4)c(=O)n(-c4cccc(O)c4)c3c(C)c(=O)n2C)c(F)c1. The first-order valence-corrected chi connectivity index (χ1v) is 11.9. The minimum Gasteiger partial charge on any atom is -0.508 e. The van der Waals surface area contributed by atoms with Crippen LogP contribution in [-0.4, -0.2) is 18.8 Å². The number of pyridine rings is 1. The summed E-state index contributed by atoms with van der Waals surface area (Å²) in [6.45, 7) is 7.30. The highest BCUT2D eigenvalue weighted by Crippen LogP contribution is 2.34. The molecule has 4 aromatic rings. The lowest BCUT2D eigenvalue weighted by molar-refractivity contribution is 0.475. The molecule has 0 atom stereocenters. The van der Waals surface area contributed by atoms with Gasteiger partial charge in [0.05, 0.1) is 16.9 Å². The molecule has 1 aliphatic carbocycles. The monoisotopic (exact) mass is 492 g/mol. The first kappa shape index (κ1) is 25.0. The average molecular weight is 493 g/mol. The Hall–Kier alpha value is -4.14. The Morgan fingerprint density at radius 1 is 1.00 bits per heavy atom. The number of hydrogen-bond acceptors (Lipinski definition) is 5. The Morgan fingerprint density at radius 3 is 2.31 bits per heavy atom. The lowest BCUT2D eigenvalue weighted by Crippen LogP contribution is -2.41. The number of halogens is 1. The molecule has 2 aromatic carbocycles. The van der Waals surface area contributed by atoms with Crippen molar-refractivity contribution in [3.8, 4) is 11.4 Å². The summed E-state index contributed by atoms with van der Waals surface area (Å²) in [4.78, 5) is 40.5. The van der Waals surface area contributed by atoms with E-state index in [1.807, 2.05) is 13.8 Å². The number of phenolic OH excluding ortho intramolecular Hbond substituents is 1. The van der Waals surface area contributed by atoms with Crippen LogP contribution in [0.25, 0.3) is 16.6 Å². The molecule has 2 heterocycles. The molecular weight excluding hydrogens is 463 g/mol. The number of phenols is 1. The summed E-state index contributed by atoms with van der Waals surface area (Å²) >= 11 is 0. The summed E-state index contributed by atoms with van der Waals surface area (Å²) in [6, 6.07) is 10.4. The summed E-state index contributed by atoms with van der Waals surface area (Å²) in [5.41, 5.74) is -0.143. The fourth-order valence-electron chi connectivity index (χ4n) is 4.34. The largest absolute Gasteiger partial charge is 0.508 e. The van der Waals surface area contributed by atoms with E-state index in [-0.39, 0.29) is 39.8 Å². The zero-order valence-electron chi connectivity index (χ0n) is 20.9. The number of fused-ring (bicyclic) bond motifs is 1. The molecule has 0 radical (unpaired) electrons. The van der Waals surface area contributed by atoms with Gasteiger partial charge in [0.25, 0.3) is 11.1 Å². The number of nitrogens with one attached hydrogen (secondary N) is 1. The van der Waals surface area contributed by atoms with Gasteiger partial charge in [0.15, 0.2) is 0 Å². The number of aromatic hydroxyl groups is 1. The van der Waals surface area contributed by atoms with Crippen LogP contribution in [0.4, 0.5) is 15.9 Å². The number of anilines is 2. The van der Waals surface area contributed by atoms with Crippen LogP contribution in [0.3, 0.4) is 0 Å². The molecule has 0 aliphatic heterocycles. The summed E-state index contributed by atoms with van der Waals surface area (Å²) < 4.78 is 18.4. The normalized spacial score (nSPS) is 12.8. The Kier molecular flexibility index (Phi) is 6.58. The van der Waals surface area contributed by atoms with Crippen molar-refractivity contribution in [3.05, 3.63) is 90.6 Å². The van der Waals surface area contributed by atoms with Crippen molar-refractivity contribution in [2.45, 2.75) is 46.6 Å². The topological polar surface area (TPSA) is 98.3 Å². The van der Waals surface area contributed by atoms with Crippen molar-refractivity contribution in [2.75, 3.05) is 5.32 Å². The zero-order valence-corrected chi connectivity index (χ0v) is 20.9. The molecule has 1 fully saturated rings. The molecule has 1 aliphatic rings. The summed E-state index contributed by atoms with van der Waals surface area (Å²) in [7, 11) is 1.49. The number of benzene rings is 2. The van der Waals surface area contributed by atoms with Gasteiger partial charge in [0, 0.05) is 24.7 Å². The Labute approximate surface area is 206 Å². The maximum atomic E-state index is 14.7. The van der Waals surface area contributed by atoms with Crippen LogP contribution in [0.5, 0.6) is 5.75 Å².